The van der Waals surface area contributed by atoms with Gasteiger partial charge >= 0.3 is 0 Å². The second kappa shape index (κ2) is 8.01. The van der Waals surface area contributed by atoms with E-state index in [-0.39, 0.29) is 24.1 Å². The first-order valence-electron chi connectivity index (χ1n) is 10.2. The average molecular weight is 384 g/mol. The van der Waals surface area contributed by atoms with Gasteiger partial charge in [0.05, 0.1) is 0 Å². The summed E-state index contributed by atoms with van der Waals surface area (Å²) >= 11 is 0. The number of hydrogen-bond acceptors (Lipinski definition) is 5. The Morgan fingerprint density at radius 1 is 1.11 bits per heavy atom. The number of benzene rings is 1. The van der Waals surface area contributed by atoms with Crippen molar-refractivity contribution in [3.8, 4) is 0 Å². The summed E-state index contributed by atoms with van der Waals surface area (Å²) in [4.78, 5) is 37.8. The fourth-order valence-electron chi connectivity index (χ4n) is 4.60. The van der Waals surface area contributed by atoms with Crippen LogP contribution in [-0.2, 0) is 22.7 Å². The van der Waals surface area contributed by atoms with Crippen LogP contribution in [0.4, 0.5) is 0 Å². The lowest BCUT2D eigenvalue weighted by Crippen LogP contribution is -2.52. The molecule has 2 fully saturated rings. The van der Waals surface area contributed by atoms with Crippen LogP contribution in [0.2, 0.25) is 0 Å². The Labute approximate surface area is 165 Å². The first kappa shape index (κ1) is 19.1. The van der Waals surface area contributed by atoms with E-state index in [9.17, 15) is 14.4 Å². The van der Waals surface area contributed by atoms with Crippen LogP contribution >= 0.6 is 0 Å². The predicted molar refractivity (Wildman–Crippen MR) is 104 cm³/mol. The van der Waals surface area contributed by atoms with E-state index in [2.05, 4.69) is 16.7 Å². The summed E-state index contributed by atoms with van der Waals surface area (Å²) in [5.74, 6) is -0.0851. The largest absolute Gasteiger partial charge is 0.330 e. The lowest BCUT2D eigenvalue weighted by atomic mass is 9.86. The molecule has 4 rings (SSSR count). The Morgan fingerprint density at radius 3 is 2.61 bits per heavy atom. The van der Waals surface area contributed by atoms with Gasteiger partial charge in [-0.15, -0.1) is 0 Å². The number of piperidine rings is 1. The van der Waals surface area contributed by atoms with E-state index in [0.29, 0.717) is 30.5 Å². The van der Waals surface area contributed by atoms with Crippen LogP contribution in [0, 0.1) is 5.92 Å². The quantitative estimate of drug-likeness (QED) is 0.659. The van der Waals surface area contributed by atoms with Crippen molar-refractivity contribution in [2.45, 2.75) is 63.7 Å². The molecule has 1 unspecified atom stereocenters. The van der Waals surface area contributed by atoms with E-state index < -0.39 is 6.04 Å². The fraction of sp³-hybridized carbons (Fsp3) is 0.571. The summed E-state index contributed by atoms with van der Waals surface area (Å²) in [6.07, 6.45) is 5.37. The fourth-order valence-corrected chi connectivity index (χ4v) is 4.60. The molecule has 0 radical (unpaired) electrons. The molecular weight excluding hydrogens is 356 g/mol. The van der Waals surface area contributed by atoms with Crippen molar-refractivity contribution in [2.24, 2.45) is 11.7 Å². The zero-order valence-electron chi connectivity index (χ0n) is 16.1. The molecular formula is C21H28N4O3. The molecule has 7 nitrogen and oxygen atoms in total. The van der Waals surface area contributed by atoms with E-state index in [4.69, 9.17) is 5.73 Å². The molecule has 0 spiro atoms. The Bertz CT molecular complexity index is 786. The Kier molecular flexibility index (Phi) is 5.46. The Balaban J connectivity index is 1.37. The van der Waals surface area contributed by atoms with Gasteiger partial charge in [-0.25, -0.2) is 0 Å². The number of imide groups is 1. The van der Waals surface area contributed by atoms with Gasteiger partial charge in [0.25, 0.3) is 5.91 Å². The van der Waals surface area contributed by atoms with Gasteiger partial charge in [0.15, 0.2) is 0 Å². The van der Waals surface area contributed by atoms with Crippen LogP contribution in [0.15, 0.2) is 18.2 Å². The van der Waals surface area contributed by atoms with Crippen molar-refractivity contribution >= 4 is 17.7 Å². The minimum absolute atomic E-state index is 0.121. The highest BCUT2D eigenvalue weighted by atomic mass is 16.2. The maximum absolute atomic E-state index is 12.7. The second-order valence-corrected chi connectivity index (χ2v) is 8.23. The molecule has 0 aromatic heterocycles. The third-order valence-corrected chi connectivity index (χ3v) is 6.36. The van der Waals surface area contributed by atoms with Crippen molar-refractivity contribution in [1.29, 1.82) is 0 Å². The SMILES string of the molecule is NCC1CCC(NCc2ccc3c(c2)CN(C2CCC(=O)NC2=O)C3=O)CC1. The van der Waals surface area contributed by atoms with Gasteiger partial charge in [-0.3, -0.25) is 19.7 Å². The smallest absolute Gasteiger partial charge is 0.255 e. The summed E-state index contributed by atoms with van der Waals surface area (Å²) in [5.41, 5.74) is 8.54. The molecule has 2 heterocycles. The van der Waals surface area contributed by atoms with E-state index in [1.807, 2.05) is 12.1 Å². The molecule has 0 bridgehead atoms. The van der Waals surface area contributed by atoms with Crippen LogP contribution in [0.3, 0.4) is 0 Å². The van der Waals surface area contributed by atoms with Gasteiger partial charge in [-0.2, -0.15) is 0 Å². The highest BCUT2D eigenvalue weighted by Crippen LogP contribution is 2.28. The van der Waals surface area contributed by atoms with Gasteiger partial charge in [-0.05, 0) is 61.8 Å². The number of carbonyl (C=O) groups excluding carboxylic acids is 3. The summed E-state index contributed by atoms with van der Waals surface area (Å²) in [6, 6.07) is 5.89. The minimum atomic E-state index is -0.558. The zero-order valence-corrected chi connectivity index (χ0v) is 16.1. The molecule has 2 aliphatic heterocycles. The standard InChI is InChI=1S/C21H28N4O3/c22-10-13-1-4-16(5-2-13)23-11-14-3-6-17-15(9-14)12-25(21(17)28)18-7-8-19(26)24-20(18)27/h3,6,9,13,16,18,23H,1-2,4-5,7-8,10-12,22H2,(H,24,26,27). The molecule has 150 valence electrons. The van der Waals surface area contributed by atoms with Crippen LogP contribution in [0.25, 0.3) is 0 Å². The Morgan fingerprint density at radius 2 is 1.89 bits per heavy atom. The van der Waals surface area contributed by atoms with Crippen molar-refractivity contribution < 1.29 is 14.4 Å². The molecule has 1 aliphatic carbocycles. The molecule has 1 aromatic rings. The summed E-state index contributed by atoms with van der Waals surface area (Å²) in [6.45, 7) is 1.99. The molecule has 28 heavy (non-hydrogen) atoms. The molecule has 1 saturated carbocycles. The first-order valence-corrected chi connectivity index (χ1v) is 10.2. The lowest BCUT2D eigenvalue weighted by molar-refractivity contribution is -0.136. The lowest BCUT2D eigenvalue weighted by Gasteiger charge is -2.29. The molecule has 3 amide bonds. The third-order valence-electron chi connectivity index (χ3n) is 6.36. The van der Waals surface area contributed by atoms with Crippen molar-refractivity contribution in [2.75, 3.05) is 6.54 Å². The normalized spacial score (nSPS) is 27.7. The van der Waals surface area contributed by atoms with Crippen LogP contribution in [0.1, 0.15) is 60.0 Å². The van der Waals surface area contributed by atoms with E-state index in [0.717, 1.165) is 37.1 Å². The zero-order chi connectivity index (χ0) is 19.7. The monoisotopic (exact) mass is 384 g/mol. The topological polar surface area (TPSA) is 105 Å². The van der Waals surface area contributed by atoms with Gasteiger partial charge in [0, 0.05) is 31.1 Å². The van der Waals surface area contributed by atoms with Crippen molar-refractivity contribution in [3.63, 3.8) is 0 Å². The first-order chi connectivity index (χ1) is 13.5. The minimum Gasteiger partial charge on any atom is -0.330 e. The van der Waals surface area contributed by atoms with Crippen LogP contribution < -0.4 is 16.4 Å². The molecule has 7 heteroatoms. The van der Waals surface area contributed by atoms with Crippen molar-refractivity contribution in [3.05, 3.63) is 34.9 Å². The van der Waals surface area contributed by atoms with E-state index in [1.165, 1.54) is 12.8 Å². The van der Waals surface area contributed by atoms with Crippen LogP contribution in [0.5, 0.6) is 0 Å². The second-order valence-electron chi connectivity index (χ2n) is 8.23. The number of fused-ring (bicyclic) bond motifs is 1. The number of rotatable bonds is 5. The highest BCUT2D eigenvalue weighted by molar-refractivity contribution is 6.05. The number of amides is 3. The molecule has 4 N–H and O–H groups in total. The maximum Gasteiger partial charge on any atom is 0.255 e. The maximum atomic E-state index is 12.7. The number of nitrogens with two attached hydrogens (primary N) is 1. The highest BCUT2D eigenvalue weighted by Gasteiger charge is 2.39. The average Bonchev–Trinajstić information content (AvgIpc) is 3.02. The van der Waals surface area contributed by atoms with Gasteiger partial charge < -0.3 is 16.0 Å². The number of hydrogen-bond donors (Lipinski definition) is 3. The molecule has 1 aromatic carbocycles. The van der Waals surface area contributed by atoms with E-state index in [1.54, 1.807) is 4.90 Å². The van der Waals surface area contributed by atoms with Crippen LogP contribution in [-0.4, -0.2) is 41.2 Å². The van der Waals surface area contributed by atoms with Gasteiger partial charge in [-0.1, -0.05) is 12.1 Å². The van der Waals surface area contributed by atoms with Crippen molar-refractivity contribution in [1.82, 2.24) is 15.5 Å². The molecule has 3 aliphatic rings. The molecule has 1 saturated heterocycles. The number of carbonyl (C=O) groups is 3. The summed E-state index contributed by atoms with van der Waals surface area (Å²) < 4.78 is 0. The number of nitrogens with one attached hydrogen (secondary N) is 2. The Hall–Kier alpha value is -2.25. The summed E-state index contributed by atoms with van der Waals surface area (Å²) in [5, 5.41) is 5.97. The van der Waals surface area contributed by atoms with Gasteiger partial charge in [0.2, 0.25) is 11.8 Å². The number of nitrogens with zero attached hydrogens (tertiary/aromatic N) is 1. The molecule has 1 atom stereocenters. The third kappa shape index (κ3) is 3.82. The van der Waals surface area contributed by atoms with Gasteiger partial charge in [0.1, 0.15) is 6.04 Å². The summed E-state index contributed by atoms with van der Waals surface area (Å²) in [7, 11) is 0. The predicted octanol–water partition coefficient (Wildman–Crippen LogP) is 1.05. The van der Waals surface area contributed by atoms with E-state index >= 15 is 0 Å².